The van der Waals surface area contributed by atoms with Crippen molar-refractivity contribution in [2.45, 2.75) is 6.92 Å². The molecule has 0 unspecified atom stereocenters. The lowest BCUT2D eigenvalue weighted by Gasteiger charge is -2.35. The smallest absolute Gasteiger partial charge is 0.289 e. The maximum atomic E-state index is 12.5. The van der Waals surface area contributed by atoms with E-state index in [-0.39, 0.29) is 5.91 Å². The molecule has 0 spiro atoms. The first kappa shape index (κ1) is 18.4. The number of halogens is 1. The fourth-order valence-electron chi connectivity index (χ4n) is 3.05. The molecule has 0 aliphatic carbocycles. The second-order valence-electron chi connectivity index (χ2n) is 6.49. The Labute approximate surface area is 170 Å². The molecule has 0 aromatic carbocycles. The number of rotatable bonds is 4. The number of hydrogen-bond acceptors (Lipinski definition) is 7. The van der Waals surface area contributed by atoms with E-state index >= 15 is 0 Å². The highest BCUT2D eigenvalue weighted by Gasteiger charge is 2.25. The minimum atomic E-state index is -0.0964. The summed E-state index contributed by atoms with van der Waals surface area (Å²) in [6, 6.07) is 9.20. The molecule has 3 aromatic rings. The predicted molar refractivity (Wildman–Crippen MR) is 109 cm³/mol. The first-order chi connectivity index (χ1) is 13.6. The van der Waals surface area contributed by atoms with Gasteiger partial charge in [0.05, 0.1) is 0 Å². The Morgan fingerprint density at radius 3 is 2.57 bits per heavy atom. The lowest BCUT2D eigenvalue weighted by molar-refractivity contribution is 0.0713. The molecule has 1 amide bonds. The zero-order valence-corrected chi connectivity index (χ0v) is 16.9. The molecule has 1 fully saturated rings. The van der Waals surface area contributed by atoms with E-state index in [0.29, 0.717) is 42.4 Å². The Bertz CT molecular complexity index is 984. The molecule has 4 heterocycles. The van der Waals surface area contributed by atoms with E-state index in [0.717, 1.165) is 17.2 Å². The number of pyridine rings is 1. The van der Waals surface area contributed by atoms with Gasteiger partial charge in [0.1, 0.15) is 23.8 Å². The normalized spacial score (nSPS) is 14.2. The molecule has 0 atom stereocenters. The third kappa shape index (κ3) is 4.14. The zero-order valence-electron chi connectivity index (χ0n) is 15.3. The van der Waals surface area contributed by atoms with Crippen molar-refractivity contribution in [2.75, 3.05) is 36.4 Å². The van der Waals surface area contributed by atoms with E-state index in [2.05, 4.69) is 41.1 Å². The summed E-state index contributed by atoms with van der Waals surface area (Å²) in [6.07, 6.45) is 3.29. The van der Waals surface area contributed by atoms with Gasteiger partial charge in [-0.05, 0) is 52.7 Å². The van der Waals surface area contributed by atoms with Gasteiger partial charge in [0.15, 0.2) is 10.4 Å². The van der Waals surface area contributed by atoms with Gasteiger partial charge >= 0.3 is 0 Å². The third-order valence-electron chi connectivity index (χ3n) is 4.50. The van der Waals surface area contributed by atoms with E-state index < -0.39 is 0 Å². The van der Waals surface area contributed by atoms with Gasteiger partial charge in [-0.15, -0.1) is 0 Å². The van der Waals surface area contributed by atoms with Gasteiger partial charge in [-0.3, -0.25) is 4.79 Å². The molecule has 4 rings (SSSR count). The molecule has 8 nitrogen and oxygen atoms in total. The Morgan fingerprint density at radius 2 is 1.86 bits per heavy atom. The number of furan rings is 1. The Morgan fingerprint density at radius 1 is 1.07 bits per heavy atom. The summed E-state index contributed by atoms with van der Waals surface area (Å²) in [5.74, 6) is 2.49. The fourth-order valence-corrected chi connectivity index (χ4v) is 3.35. The van der Waals surface area contributed by atoms with Crippen LogP contribution in [0.4, 0.5) is 17.5 Å². The van der Waals surface area contributed by atoms with Gasteiger partial charge in [-0.2, -0.15) is 0 Å². The van der Waals surface area contributed by atoms with E-state index in [4.69, 9.17) is 4.42 Å². The van der Waals surface area contributed by atoms with Crippen molar-refractivity contribution in [3.63, 3.8) is 0 Å². The number of anilines is 3. The molecule has 9 heteroatoms. The standard InChI is InChI=1S/C19H19BrN6O2/c1-13-4-5-21-16(10-13)24-17-11-18(23-12-22-17)25-6-8-26(9-7-25)19(27)14-2-3-15(20)28-14/h2-5,10-12H,6-9H2,1H3,(H,21,22,23,24). The van der Waals surface area contributed by atoms with Crippen LogP contribution < -0.4 is 10.2 Å². The average Bonchev–Trinajstić information content (AvgIpc) is 3.14. The first-order valence-electron chi connectivity index (χ1n) is 8.90. The van der Waals surface area contributed by atoms with Crippen LogP contribution in [-0.4, -0.2) is 51.9 Å². The summed E-state index contributed by atoms with van der Waals surface area (Å²) in [7, 11) is 0. The largest absolute Gasteiger partial charge is 0.444 e. The molecule has 144 valence electrons. The number of nitrogens with zero attached hydrogens (tertiary/aromatic N) is 5. The molecular weight excluding hydrogens is 424 g/mol. The zero-order chi connectivity index (χ0) is 19.5. The topological polar surface area (TPSA) is 87.4 Å². The molecule has 1 aliphatic heterocycles. The molecule has 3 aromatic heterocycles. The molecule has 0 bridgehead atoms. The minimum absolute atomic E-state index is 0.0964. The van der Waals surface area contributed by atoms with Crippen LogP contribution >= 0.6 is 15.9 Å². The summed E-state index contributed by atoms with van der Waals surface area (Å²) < 4.78 is 5.92. The number of hydrogen-bond donors (Lipinski definition) is 1. The van der Waals surface area contributed by atoms with Crippen molar-refractivity contribution in [1.82, 2.24) is 19.9 Å². The second-order valence-corrected chi connectivity index (χ2v) is 7.27. The highest BCUT2D eigenvalue weighted by molar-refractivity contribution is 9.10. The van der Waals surface area contributed by atoms with Crippen molar-refractivity contribution in [1.29, 1.82) is 0 Å². The highest BCUT2D eigenvalue weighted by atomic mass is 79.9. The maximum absolute atomic E-state index is 12.5. The molecule has 0 radical (unpaired) electrons. The predicted octanol–water partition coefficient (Wildman–Crippen LogP) is 3.24. The van der Waals surface area contributed by atoms with Crippen LogP contribution in [0.15, 0.2) is 51.9 Å². The summed E-state index contributed by atoms with van der Waals surface area (Å²) in [5.41, 5.74) is 1.12. The van der Waals surface area contributed by atoms with Crippen LogP contribution in [0.2, 0.25) is 0 Å². The number of piperazine rings is 1. The van der Waals surface area contributed by atoms with E-state index in [9.17, 15) is 4.79 Å². The van der Waals surface area contributed by atoms with Crippen molar-refractivity contribution in [3.8, 4) is 0 Å². The fraction of sp³-hybridized carbons (Fsp3) is 0.263. The lowest BCUT2D eigenvalue weighted by Crippen LogP contribution is -2.49. The summed E-state index contributed by atoms with van der Waals surface area (Å²) in [6.45, 7) is 4.59. The van der Waals surface area contributed by atoms with Crippen molar-refractivity contribution < 1.29 is 9.21 Å². The van der Waals surface area contributed by atoms with Crippen molar-refractivity contribution in [2.24, 2.45) is 0 Å². The van der Waals surface area contributed by atoms with Crippen LogP contribution in [0.3, 0.4) is 0 Å². The van der Waals surface area contributed by atoms with Crippen molar-refractivity contribution >= 4 is 39.3 Å². The van der Waals surface area contributed by atoms with E-state index in [1.165, 1.54) is 6.33 Å². The van der Waals surface area contributed by atoms with Crippen LogP contribution in [0.25, 0.3) is 0 Å². The number of nitrogens with one attached hydrogen (secondary N) is 1. The number of aryl methyl sites for hydroxylation is 1. The van der Waals surface area contributed by atoms with Gasteiger partial charge in [-0.1, -0.05) is 0 Å². The van der Waals surface area contributed by atoms with Crippen LogP contribution in [0.5, 0.6) is 0 Å². The summed E-state index contributed by atoms with van der Waals surface area (Å²) >= 11 is 3.23. The summed E-state index contributed by atoms with van der Waals surface area (Å²) in [4.78, 5) is 29.4. The number of amides is 1. The monoisotopic (exact) mass is 442 g/mol. The van der Waals surface area contributed by atoms with Crippen LogP contribution in [-0.2, 0) is 0 Å². The molecule has 1 N–H and O–H groups in total. The van der Waals surface area contributed by atoms with Crippen LogP contribution in [0.1, 0.15) is 16.1 Å². The lowest BCUT2D eigenvalue weighted by atomic mass is 10.2. The SMILES string of the molecule is Cc1ccnc(Nc2cc(N3CCN(C(=O)c4ccc(Br)o4)CC3)ncn2)c1. The Kier molecular flexibility index (Phi) is 5.25. The molecule has 1 aliphatic rings. The quantitative estimate of drug-likeness (QED) is 0.663. The molecule has 1 saturated heterocycles. The molecule has 0 saturated carbocycles. The van der Waals surface area contributed by atoms with Gasteiger partial charge < -0.3 is 19.5 Å². The van der Waals surface area contributed by atoms with E-state index in [1.807, 2.05) is 25.1 Å². The highest BCUT2D eigenvalue weighted by Crippen LogP contribution is 2.21. The third-order valence-corrected chi connectivity index (χ3v) is 4.93. The first-order valence-corrected chi connectivity index (χ1v) is 9.69. The van der Waals surface area contributed by atoms with E-state index in [1.54, 1.807) is 23.2 Å². The second kappa shape index (κ2) is 7.97. The number of carbonyl (C=O) groups is 1. The average molecular weight is 443 g/mol. The van der Waals surface area contributed by atoms with Gasteiger partial charge in [-0.25, -0.2) is 15.0 Å². The molecule has 28 heavy (non-hydrogen) atoms. The van der Waals surface area contributed by atoms with Gasteiger partial charge in [0.25, 0.3) is 5.91 Å². The van der Waals surface area contributed by atoms with Gasteiger partial charge in [0, 0.05) is 38.4 Å². The van der Waals surface area contributed by atoms with Gasteiger partial charge in [0.2, 0.25) is 0 Å². The number of aromatic nitrogens is 3. The molecular formula is C19H19BrN6O2. The Hall–Kier alpha value is -2.94. The van der Waals surface area contributed by atoms with Crippen molar-refractivity contribution in [3.05, 3.63) is 58.8 Å². The number of carbonyl (C=O) groups excluding carboxylic acids is 1. The Balaban J connectivity index is 1.40. The maximum Gasteiger partial charge on any atom is 0.289 e. The van der Waals surface area contributed by atoms with Crippen LogP contribution in [0, 0.1) is 6.92 Å². The minimum Gasteiger partial charge on any atom is -0.444 e. The summed E-state index contributed by atoms with van der Waals surface area (Å²) in [5, 5.41) is 3.20.